The summed E-state index contributed by atoms with van der Waals surface area (Å²) in [5.74, 6) is -0.336. The predicted octanol–water partition coefficient (Wildman–Crippen LogP) is 1.83. The Morgan fingerprint density at radius 1 is 1.42 bits per heavy atom. The second-order valence-corrected chi connectivity index (χ2v) is 5.99. The van der Waals surface area contributed by atoms with Gasteiger partial charge in [0.25, 0.3) is 0 Å². The zero-order valence-electron chi connectivity index (χ0n) is 11.3. The van der Waals surface area contributed by atoms with Crippen LogP contribution >= 0.6 is 15.9 Å². The van der Waals surface area contributed by atoms with Crippen molar-refractivity contribution in [3.05, 3.63) is 22.4 Å². The molecule has 0 saturated carbocycles. The van der Waals surface area contributed by atoms with E-state index in [-0.39, 0.29) is 5.82 Å². The van der Waals surface area contributed by atoms with Gasteiger partial charge in [-0.05, 0) is 36.1 Å². The van der Waals surface area contributed by atoms with Gasteiger partial charge in [-0.3, -0.25) is 4.90 Å². The molecule has 1 fully saturated rings. The third kappa shape index (κ3) is 3.58. The average Bonchev–Trinajstić information content (AvgIpc) is 2.36. The molecule has 2 rings (SSSR count). The SMILES string of the molecule is CN1CCN(C)C(CNc2cc(Br)c(F)cc2N)C1. The van der Waals surface area contributed by atoms with E-state index in [1.807, 2.05) is 0 Å². The molecule has 0 bridgehead atoms. The van der Waals surface area contributed by atoms with Gasteiger partial charge in [-0.25, -0.2) is 4.39 Å². The predicted molar refractivity (Wildman–Crippen MR) is 80.9 cm³/mol. The van der Waals surface area contributed by atoms with E-state index < -0.39 is 0 Å². The van der Waals surface area contributed by atoms with Gasteiger partial charge in [-0.1, -0.05) is 0 Å². The number of nitrogens with zero attached hydrogens (tertiary/aromatic N) is 2. The lowest BCUT2D eigenvalue weighted by Crippen LogP contribution is -2.52. The van der Waals surface area contributed by atoms with E-state index >= 15 is 0 Å². The number of rotatable bonds is 3. The maximum atomic E-state index is 13.3. The second-order valence-electron chi connectivity index (χ2n) is 5.13. The van der Waals surface area contributed by atoms with Crippen LogP contribution < -0.4 is 11.1 Å². The molecular weight excluding hydrogens is 311 g/mol. The number of piperazine rings is 1. The van der Waals surface area contributed by atoms with Crippen molar-refractivity contribution in [3.63, 3.8) is 0 Å². The first-order valence-corrected chi connectivity index (χ1v) is 7.14. The van der Waals surface area contributed by atoms with Crippen molar-refractivity contribution in [3.8, 4) is 0 Å². The van der Waals surface area contributed by atoms with Crippen molar-refractivity contribution in [2.24, 2.45) is 0 Å². The number of halogens is 2. The van der Waals surface area contributed by atoms with E-state index in [9.17, 15) is 4.39 Å². The van der Waals surface area contributed by atoms with Crippen LogP contribution in [0, 0.1) is 5.82 Å². The summed E-state index contributed by atoms with van der Waals surface area (Å²) in [6.07, 6.45) is 0. The van der Waals surface area contributed by atoms with Crippen molar-refractivity contribution in [2.45, 2.75) is 6.04 Å². The van der Waals surface area contributed by atoms with Gasteiger partial charge in [0, 0.05) is 38.3 Å². The Hall–Kier alpha value is -0.850. The maximum absolute atomic E-state index is 13.3. The Kier molecular flexibility index (Phi) is 4.65. The number of nitrogen functional groups attached to an aromatic ring is 1. The van der Waals surface area contributed by atoms with Crippen molar-refractivity contribution >= 4 is 27.3 Å². The highest BCUT2D eigenvalue weighted by molar-refractivity contribution is 9.10. The number of hydrogen-bond donors (Lipinski definition) is 2. The minimum absolute atomic E-state index is 0.336. The molecule has 1 aromatic carbocycles. The zero-order valence-corrected chi connectivity index (χ0v) is 12.9. The molecule has 1 heterocycles. The van der Waals surface area contributed by atoms with Crippen molar-refractivity contribution in [1.29, 1.82) is 0 Å². The highest BCUT2D eigenvalue weighted by Crippen LogP contribution is 2.26. The van der Waals surface area contributed by atoms with Gasteiger partial charge < -0.3 is 16.0 Å². The Morgan fingerprint density at radius 3 is 2.89 bits per heavy atom. The maximum Gasteiger partial charge on any atom is 0.139 e. The fourth-order valence-corrected chi connectivity index (χ4v) is 2.61. The molecule has 0 aliphatic carbocycles. The number of anilines is 2. The minimum atomic E-state index is -0.336. The summed E-state index contributed by atoms with van der Waals surface area (Å²) in [5.41, 5.74) is 7.03. The molecule has 1 atom stereocenters. The monoisotopic (exact) mass is 330 g/mol. The van der Waals surface area contributed by atoms with Gasteiger partial charge in [0.15, 0.2) is 0 Å². The minimum Gasteiger partial charge on any atom is -0.397 e. The molecule has 1 aliphatic heterocycles. The Balaban J connectivity index is 2.00. The molecule has 1 aliphatic rings. The standard InChI is InChI=1S/C13H20BrFN4/c1-18-3-4-19(2)9(8-18)7-17-13-5-10(14)11(15)6-12(13)16/h5-6,9,17H,3-4,7-8,16H2,1-2H3. The van der Waals surface area contributed by atoms with Gasteiger partial charge in [0.2, 0.25) is 0 Å². The molecule has 1 unspecified atom stereocenters. The molecule has 0 amide bonds. The Bertz CT molecular complexity index is 455. The summed E-state index contributed by atoms with van der Waals surface area (Å²) in [6, 6.07) is 3.46. The van der Waals surface area contributed by atoms with E-state index in [1.54, 1.807) is 6.07 Å². The number of nitrogens with one attached hydrogen (secondary N) is 1. The molecule has 4 nitrogen and oxygen atoms in total. The summed E-state index contributed by atoms with van der Waals surface area (Å²) in [5, 5.41) is 3.31. The van der Waals surface area contributed by atoms with E-state index in [4.69, 9.17) is 5.73 Å². The first kappa shape index (κ1) is 14.6. The number of benzene rings is 1. The summed E-state index contributed by atoms with van der Waals surface area (Å²) >= 11 is 3.18. The molecule has 6 heteroatoms. The summed E-state index contributed by atoms with van der Waals surface area (Å²) in [7, 11) is 4.26. The van der Waals surface area contributed by atoms with Gasteiger partial charge in [0.05, 0.1) is 15.8 Å². The molecular formula is C13H20BrFN4. The highest BCUT2D eigenvalue weighted by atomic mass is 79.9. The fraction of sp³-hybridized carbons (Fsp3) is 0.538. The van der Waals surface area contributed by atoms with Gasteiger partial charge in [-0.15, -0.1) is 0 Å². The van der Waals surface area contributed by atoms with E-state index in [0.717, 1.165) is 31.9 Å². The van der Waals surface area contributed by atoms with E-state index in [2.05, 4.69) is 45.1 Å². The first-order chi connectivity index (χ1) is 8.97. The van der Waals surface area contributed by atoms with Crippen LogP contribution in [0.1, 0.15) is 0 Å². The third-order valence-corrected chi connectivity index (χ3v) is 4.21. The van der Waals surface area contributed by atoms with Crippen LogP contribution in [0.5, 0.6) is 0 Å². The Morgan fingerprint density at radius 2 is 2.16 bits per heavy atom. The molecule has 1 aromatic rings. The second kappa shape index (κ2) is 6.07. The molecule has 106 valence electrons. The summed E-state index contributed by atoms with van der Waals surface area (Å²) < 4.78 is 13.7. The van der Waals surface area contributed by atoms with Crippen molar-refractivity contribution in [2.75, 3.05) is 51.3 Å². The smallest absolute Gasteiger partial charge is 0.139 e. The summed E-state index contributed by atoms with van der Waals surface area (Å²) in [6.45, 7) is 3.97. The van der Waals surface area contributed by atoms with Crippen LogP contribution in [0.25, 0.3) is 0 Å². The lowest BCUT2D eigenvalue weighted by atomic mass is 10.1. The average molecular weight is 331 g/mol. The summed E-state index contributed by atoms with van der Waals surface area (Å²) in [4.78, 5) is 4.65. The van der Waals surface area contributed by atoms with Gasteiger partial charge in [-0.2, -0.15) is 0 Å². The van der Waals surface area contributed by atoms with E-state index in [1.165, 1.54) is 6.07 Å². The molecule has 19 heavy (non-hydrogen) atoms. The largest absolute Gasteiger partial charge is 0.397 e. The number of likely N-dealkylation sites (N-methyl/N-ethyl adjacent to an activating group) is 2. The molecule has 3 N–H and O–H groups in total. The lowest BCUT2D eigenvalue weighted by Gasteiger charge is -2.38. The van der Waals surface area contributed by atoms with Crippen LogP contribution in [0.15, 0.2) is 16.6 Å². The van der Waals surface area contributed by atoms with Crippen LogP contribution in [0.2, 0.25) is 0 Å². The molecule has 1 saturated heterocycles. The number of nitrogens with two attached hydrogens (primary N) is 1. The quantitative estimate of drug-likeness (QED) is 0.830. The Labute approximate surface area is 121 Å². The molecule has 0 radical (unpaired) electrons. The first-order valence-electron chi connectivity index (χ1n) is 6.34. The van der Waals surface area contributed by atoms with Crippen LogP contribution in [0.4, 0.5) is 15.8 Å². The fourth-order valence-electron chi connectivity index (χ4n) is 2.26. The van der Waals surface area contributed by atoms with Crippen LogP contribution in [-0.4, -0.2) is 56.1 Å². The zero-order chi connectivity index (χ0) is 14.0. The highest BCUT2D eigenvalue weighted by Gasteiger charge is 2.22. The third-order valence-electron chi connectivity index (χ3n) is 3.60. The van der Waals surface area contributed by atoms with Gasteiger partial charge >= 0.3 is 0 Å². The van der Waals surface area contributed by atoms with Crippen LogP contribution in [0.3, 0.4) is 0 Å². The molecule has 0 spiro atoms. The number of hydrogen-bond acceptors (Lipinski definition) is 4. The molecule has 0 aromatic heterocycles. The topological polar surface area (TPSA) is 44.5 Å². The lowest BCUT2D eigenvalue weighted by molar-refractivity contribution is 0.122. The normalized spacial score (nSPS) is 21.6. The van der Waals surface area contributed by atoms with Gasteiger partial charge in [0.1, 0.15) is 5.82 Å². The van der Waals surface area contributed by atoms with Crippen LogP contribution in [-0.2, 0) is 0 Å². The van der Waals surface area contributed by atoms with E-state index in [0.29, 0.717) is 16.2 Å². The van der Waals surface area contributed by atoms with Crippen molar-refractivity contribution < 1.29 is 4.39 Å². The van der Waals surface area contributed by atoms with Crippen molar-refractivity contribution in [1.82, 2.24) is 9.80 Å².